The number of carbonyl (C=O) groups is 1. The summed E-state index contributed by atoms with van der Waals surface area (Å²) in [6, 6.07) is 14.0. The molecule has 0 saturated carbocycles. The summed E-state index contributed by atoms with van der Waals surface area (Å²) in [5.74, 6) is -0.309. The zero-order valence-electron chi connectivity index (χ0n) is 17.9. The van der Waals surface area contributed by atoms with Gasteiger partial charge in [-0.05, 0) is 74.6 Å². The summed E-state index contributed by atoms with van der Waals surface area (Å²) >= 11 is 0. The maximum atomic E-state index is 13.5. The van der Waals surface area contributed by atoms with Crippen LogP contribution in [-0.4, -0.2) is 30.2 Å². The van der Waals surface area contributed by atoms with Crippen LogP contribution in [0.15, 0.2) is 42.5 Å². The lowest BCUT2D eigenvalue weighted by atomic mass is 9.81. The Morgan fingerprint density at radius 3 is 2.60 bits per heavy atom. The number of halogens is 1. The molecule has 6 heteroatoms. The average molecular weight is 410 g/mol. The van der Waals surface area contributed by atoms with E-state index in [-0.39, 0.29) is 11.9 Å². The number of fused-ring (bicyclic) bond motifs is 1. The van der Waals surface area contributed by atoms with Gasteiger partial charge in [0.05, 0.1) is 18.2 Å². The molecule has 0 bridgehead atoms. The Morgan fingerprint density at radius 2 is 1.97 bits per heavy atom. The maximum Gasteiger partial charge on any atom is 0.410 e. The van der Waals surface area contributed by atoms with Crippen LogP contribution in [0.2, 0.25) is 0 Å². The van der Waals surface area contributed by atoms with Gasteiger partial charge >= 0.3 is 6.09 Å². The normalized spacial score (nSPS) is 17.9. The number of benzene rings is 2. The van der Waals surface area contributed by atoms with Crippen molar-refractivity contribution in [3.8, 4) is 6.07 Å². The van der Waals surface area contributed by atoms with Crippen molar-refractivity contribution in [2.75, 3.05) is 13.6 Å². The summed E-state index contributed by atoms with van der Waals surface area (Å²) < 4.78 is 25.2. The van der Waals surface area contributed by atoms with Crippen LogP contribution in [0.3, 0.4) is 0 Å². The molecule has 30 heavy (non-hydrogen) atoms. The van der Waals surface area contributed by atoms with Crippen molar-refractivity contribution in [2.45, 2.75) is 51.4 Å². The topological polar surface area (TPSA) is 62.6 Å². The minimum absolute atomic E-state index is 0.309. The van der Waals surface area contributed by atoms with Gasteiger partial charge in [-0.3, -0.25) is 0 Å². The lowest BCUT2D eigenvalue weighted by molar-refractivity contribution is -0.0154. The molecule has 158 valence electrons. The molecule has 0 spiro atoms. The number of rotatable bonds is 5. The van der Waals surface area contributed by atoms with E-state index >= 15 is 0 Å². The van der Waals surface area contributed by atoms with E-state index in [0.717, 1.165) is 16.7 Å². The monoisotopic (exact) mass is 410 g/mol. The van der Waals surface area contributed by atoms with E-state index in [0.29, 0.717) is 31.6 Å². The van der Waals surface area contributed by atoms with E-state index in [1.807, 2.05) is 32.9 Å². The maximum absolute atomic E-state index is 13.5. The lowest BCUT2D eigenvalue weighted by Gasteiger charge is -2.31. The van der Waals surface area contributed by atoms with Crippen molar-refractivity contribution in [1.29, 1.82) is 5.26 Å². The minimum Gasteiger partial charge on any atom is -0.444 e. The predicted molar refractivity (Wildman–Crippen MR) is 111 cm³/mol. The highest BCUT2D eigenvalue weighted by Gasteiger charge is 2.41. The molecule has 3 rings (SSSR count). The van der Waals surface area contributed by atoms with Gasteiger partial charge in [0.2, 0.25) is 0 Å². The number of hydrogen-bond donors (Lipinski definition) is 0. The standard InChI is InChI=1S/C24H27FN2O3/c1-23(2,3)30-22(28)27(4)13-5-12-24(19-7-9-20(25)10-8-19)21-11-6-17(15-26)14-18(21)16-29-24/h6-11,14H,5,12-13,16H2,1-4H3/t24-/m0/s1. The fourth-order valence-electron chi connectivity index (χ4n) is 3.76. The largest absolute Gasteiger partial charge is 0.444 e. The third-order valence-corrected chi connectivity index (χ3v) is 5.18. The molecule has 1 heterocycles. The molecule has 1 amide bonds. The minimum atomic E-state index is -0.744. The number of nitriles is 1. The van der Waals surface area contributed by atoms with Gasteiger partial charge in [0.15, 0.2) is 0 Å². The van der Waals surface area contributed by atoms with Crippen LogP contribution in [0.5, 0.6) is 0 Å². The van der Waals surface area contributed by atoms with Crippen LogP contribution in [0.25, 0.3) is 0 Å². The van der Waals surface area contributed by atoms with Crippen molar-refractivity contribution in [3.05, 3.63) is 70.5 Å². The summed E-state index contributed by atoms with van der Waals surface area (Å²) in [6.07, 6.45) is 0.891. The van der Waals surface area contributed by atoms with Gasteiger partial charge in [-0.2, -0.15) is 5.26 Å². The molecule has 0 aromatic heterocycles. The first-order valence-electron chi connectivity index (χ1n) is 10.0. The summed E-state index contributed by atoms with van der Waals surface area (Å²) in [7, 11) is 1.71. The Morgan fingerprint density at radius 1 is 1.27 bits per heavy atom. The molecular weight excluding hydrogens is 383 g/mol. The van der Waals surface area contributed by atoms with Crippen LogP contribution in [0.4, 0.5) is 9.18 Å². The van der Waals surface area contributed by atoms with Crippen LogP contribution >= 0.6 is 0 Å². The van der Waals surface area contributed by atoms with E-state index in [1.54, 1.807) is 30.1 Å². The second-order valence-electron chi connectivity index (χ2n) is 8.61. The molecule has 2 aromatic rings. The highest BCUT2D eigenvalue weighted by molar-refractivity contribution is 5.67. The van der Waals surface area contributed by atoms with Gasteiger partial charge < -0.3 is 14.4 Å². The predicted octanol–water partition coefficient (Wildman–Crippen LogP) is 5.12. The van der Waals surface area contributed by atoms with Crippen molar-refractivity contribution < 1.29 is 18.7 Å². The SMILES string of the molecule is CN(CCC[C@@]1(c2ccc(F)cc2)OCc2cc(C#N)ccc21)C(=O)OC(C)(C)C. The quantitative estimate of drug-likeness (QED) is 0.686. The molecule has 2 aromatic carbocycles. The van der Waals surface area contributed by atoms with Gasteiger partial charge in [-0.1, -0.05) is 18.2 Å². The molecule has 0 saturated heterocycles. The molecule has 0 radical (unpaired) electrons. The zero-order chi connectivity index (χ0) is 21.9. The van der Waals surface area contributed by atoms with Crippen LogP contribution in [-0.2, 0) is 21.7 Å². The van der Waals surface area contributed by atoms with Gasteiger partial charge in [-0.25, -0.2) is 9.18 Å². The third-order valence-electron chi connectivity index (χ3n) is 5.18. The fraction of sp³-hybridized carbons (Fsp3) is 0.417. The highest BCUT2D eigenvalue weighted by atomic mass is 19.1. The summed E-state index contributed by atoms with van der Waals surface area (Å²) in [4.78, 5) is 13.8. The first kappa shape index (κ1) is 21.8. The first-order chi connectivity index (χ1) is 14.1. The Hall–Kier alpha value is -2.91. The van der Waals surface area contributed by atoms with Crippen molar-refractivity contribution in [2.24, 2.45) is 0 Å². The first-order valence-corrected chi connectivity index (χ1v) is 10.0. The fourth-order valence-corrected chi connectivity index (χ4v) is 3.76. The molecule has 0 fully saturated rings. The van der Waals surface area contributed by atoms with Crippen LogP contribution in [0, 0.1) is 17.1 Å². The number of nitrogens with zero attached hydrogens (tertiary/aromatic N) is 2. The average Bonchev–Trinajstić information content (AvgIpc) is 3.06. The van der Waals surface area contributed by atoms with Crippen LogP contribution in [0.1, 0.15) is 55.9 Å². The molecule has 1 aliphatic rings. The smallest absolute Gasteiger partial charge is 0.410 e. The van der Waals surface area contributed by atoms with E-state index in [9.17, 15) is 14.4 Å². The summed E-state index contributed by atoms with van der Waals surface area (Å²) in [5, 5.41) is 9.20. The third kappa shape index (κ3) is 4.63. The molecule has 0 unspecified atom stereocenters. The molecular formula is C24H27FN2O3. The summed E-state index contributed by atoms with van der Waals surface area (Å²) in [6.45, 7) is 6.38. The summed E-state index contributed by atoms with van der Waals surface area (Å²) in [5.41, 5.74) is 2.08. The molecule has 1 aliphatic heterocycles. The van der Waals surface area contributed by atoms with Gasteiger partial charge in [0, 0.05) is 13.6 Å². The van der Waals surface area contributed by atoms with Crippen LogP contribution < -0.4 is 0 Å². The number of amides is 1. The molecule has 0 N–H and O–H groups in total. The zero-order valence-corrected chi connectivity index (χ0v) is 17.9. The number of carbonyl (C=O) groups excluding carboxylic acids is 1. The van der Waals surface area contributed by atoms with Gasteiger partial charge in [0.1, 0.15) is 17.0 Å². The molecule has 1 atom stereocenters. The van der Waals surface area contributed by atoms with E-state index < -0.39 is 11.2 Å². The lowest BCUT2D eigenvalue weighted by Crippen LogP contribution is -2.35. The second kappa shape index (κ2) is 8.45. The second-order valence-corrected chi connectivity index (χ2v) is 8.61. The highest BCUT2D eigenvalue weighted by Crippen LogP contribution is 2.45. The van der Waals surface area contributed by atoms with E-state index in [2.05, 4.69) is 6.07 Å². The Bertz CT molecular complexity index is 960. The van der Waals surface area contributed by atoms with Crippen molar-refractivity contribution in [3.63, 3.8) is 0 Å². The van der Waals surface area contributed by atoms with Crippen molar-refractivity contribution >= 4 is 6.09 Å². The van der Waals surface area contributed by atoms with Crippen molar-refractivity contribution in [1.82, 2.24) is 4.90 Å². The van der Waals surface area contributed by atoms with Gasteiger partial charge in [0.25, 0.3) is 0 Å². The molecule has 5 nitrogen and oxygen atoms in total. The number of hydrogen-bond acceptors (Lipinski definition) is 4. The number of ether oxygens (including phenoxy) is 2. The Labute approximate surface area is 177 Å². The van der Waals surface area contributed by atoms with Gasteiger partial charge in [-0.15, -0.1) is 0 Å². The Kier molecular flexibility index (Phi) is 6.14. The van der Waals surface area contributed by atoms with E-state index in [1.165, 1.54) is 12.1 Å². The molecule has 0 aliphatic carbocycles. The Balaban J connectivity index is 1.83. The van der Waals surface area contributed by atoms with E-state index in [4.69, 9.17) is 9.47 Å².